The van der Waals surface area contributed by atoms with Crippen LogP contribution in [0.1, 0.15) is 15.9 Å². The van der Waals surface area contributed by atoms with Crippen LogP contribution in [0.15, 0.2) is 42.5 Å². The summed E-state index contributed by atoms with van der Waals surface area (Å²) in [5.41, 5.74) is 1.52. The third kappa shape index (κ3) is 3.08. The van der Waals surface area contributed by atoms with E-state index in [1.165, 1.54) is 0 Å². The third-order valence-corrected chi connectivity index (χ3v) is 3.11. The van der Waals surface area contributed by atoms with E-state index < -0.39 is 0 Å². The molecule has 4 heteroatoms. The molecule has 0 unspecified atom stereocenters. The predicted molar refractivity (Wildman–Crippen MR) is 78.8 cm³/mol. The zero-order valence-corrected chi connectivity index (χ0v) is 11.3. The summed E-state index contributed by atoms with van der Waals surface area (Å²) in [7, 11) is 0. The molecular weight excluding hydrogens is 281 g/mol. The summed E-state index contributed by atoms with van der Waals surface area (Å²) < 4.78 is 0. The number of hydrogen-bond donors (Lipinski definition) is 1. The first-order valence-electron chi connectivity index (χ1n) is 5.44. The van der Waals surface area contributed by atoms with Crippen LogP contribution in [0.5, 0.6) is 0 Å². The van der Waals surface area contributed by atoms with Gasteiger partial charge in [0.1, 0.15) is 0 Å². The quantitative estimate of drug-likeness (QED) is 0.824. The maximum absolute atomic E-state index is 12.1. The molecule has 0 radical (unpaired) electrons. The Labute approximate surface area is 121 Å². The molecule has 0 fully saturated rings. The number of amides is 1. The lowest BCUT2D eigenvalue weighted by molar-refractivity contribution is 0.102. The van der Waals surface area contributed by atoms with Gasteiger partial charge in [0.2, 0.25) is 0 Å². The van der Waals surface area contributed by atoms with Crippen LogP contribution in [0.3, 0.4) is 0 Å². The van der Waals surface area contributed by atoms with Crippen molar-refractivity contribution in [2.75, 3.05) is 5.32 Å². The average Bonchev–Trinajstić information content (AvgIpc) is 2.38. The van der Waals surface area contributed by atoms with Gasteiger partial charge in [-0.25, -0.2) is 0 Å². The SMILES string of the molecule is C#Cc1cccc(NC(=O)c2c(Cl)cccc2Cl)c1. The lowest BCUT2D eigenvalue weighted by atomic mass is 10.2. The molecule has 94 valence electrons. The largest absolute Gasteiger partial charge is 0.322 e. The highest BCUT2D eigenvalue weighted by Gasteiger charge is 2.14. The molecule has 2 aromatic rings. The molecule has 0 aliphatic heterocycles. The van der Waals surface area contributed by atoms with Crippen LogP contribution < -0.4 is 5.32 Å². The van der Waals surface area contributed by atoms with Crippen LogP contribution in [-0.4, -0.2) is 5.91 Å². The minimum atomic E-state index is -0.371. The lowest BCUT2D eigenvalue weighted by Crippen LogP contribution is -2.13. The minimum absolute atomic E-state index is 0.247. The highest BCUT2D eigenvalue weighted by atomic mass is 35.5. The third-order valence-electron chi connectivity index (χ3n) is 2.48. The van der Waals surface area contributed by atoms with Crippen LogP contribution in [0, 0.1) is 12.3 Å². The standard InChI is InChI=1S/C15H9Cl2NO/c1-2-10-5-3-6-11(9-10)18-15(19)14-12(16)7-4-8-13(14)17/h1,3-9H,(H,18,19). The summed E-state index contributed by atoms with van der Waals surface area (Å²) in [6.07, 6.45) is 5.30. The van der Waals surface area contributed by atoms with E-state index in [0.717, 1.165) is 0 Å². The summed E-state index contributed by atoms with van der Waals surface area (Å²) in [6, 6.07) is 11.9. The highest BCUT2D eigenvalue weighted by molar-refractivity contribution is 6.40. The van der Waals surface area contributed by atoms with Crippen molar-refractivity contribution in [3.05, 3.63) is 63.6 Å². The number of terminal acetylenes is 1. The zero-order valence-electron chi connectivity index (χ0n) is 9.78. The molecular formula is C15H9Cl2NO. The summed E-state index contributed by atoms with van der Waals surface area (Å²) in [4.78, 5) is 12.1. The normalized spacial score (nSPS) is 9.74. The Morgan fingerprint density at radius 2 is 1.74 bits per heavy atom. The van der Waals surface area contributed by atoms with Gasteiger partial charge in [-0.15, -0.1) is 6.42 Å². The van der Waals surface area contributed by atoms with E-state index in [0.29, 0.717) is 21.3 Å². The van der Waals surface area contributed by atoms with Crippen LogP contribution >= 0.6 is 23.2 Å². The Bertz CT molecular complexity index is 654. The zero-order chi connectivity index (χ0) is 13.8. The molecule has 2 rings (SSSR count). The number of anilines is 1. The Morgan fingerprint density at radius 3 is 2.37 bits per heavy atom. The number of benzene rings is 2. The van der Waals surface area contributed by atoms with Gasteiger partial charge in [0.25, 0.3) is 5.91 Å². The molecule has 1 amide bonds. The molecule has 0 saturated carbocycles. The molecule has 2 nitrogen and oxygen atoms in total. The second-order valence-electron chi connectivity index (χ2n) is 3.78. The molecule has 0 heterocycles. The van der Waals surface area contributed by atoms with Gasteiger partial charge in [0, 0.05) is 11.3 Å². The topological polar surface area (TPSA) is 29.1 Å². The molecule has 19 heavy (non-hydrogen) atoms. The molecule has 2 aromatic carbocycles. The monoisotopic (exact) mass is 289 g/mol. The first-order valence-corrected chi connectivity index (χ1v) is 6.19. The number of hydrogen-bond acceptors (Lipinski definition) is 1. The lowest BCUT2D eigenvalue weighted by Gasteiger charge is -2.08. The fraction of sp³-hybridized carbons (Fsp3) is 0. The predicted octanol–water partition coefficient (Wildman–Crippen LogP) is 4.23. The molecule has 0 saturated heterocycles. The molecule has 0 aliphatic carbocycles. The first-order chi connectivity index (χ1) is 9.11. The van der Waals surface area contributed by atoms with Crippen LogP contribution in [0.4, 0.5) is 5.69 Å². The van der Waals surface area contributed by atoms with Crippen molar-refractivity contribution in [2.24, 2.45) is 0 Å². The molecule has 0 aliphatic rings. The van der Waals surface area contributed by atoms with Crippen molar-refractivity contribution < 1.29 is 4.79 Å². The van der Waals surface area contributed by atoms with Gasteiger partial charge >= 0.3 is 0 Å². The molecule has 0 bridgehead atoms. The summed E-state index contributed by atoms with van der Waals surface area (Å²) in [5, 5.41) is 3.32. The van der Waals surface area contributed by atoms with Crippen molar-refractivity contribution in [2.45, 2.75) is 0 Å². The maximum atomic E-state index is 12.1. The van der Waals surface area contributed by atoms with Gasteiger partial charge in [-0.2, -0.15) is 0 Å². The minimum Gasteiger partial charge on any atom is -0.322 e. The van der Waals surface area contributed by atoms with E-state index in [1.807, 2.05) is 0 Å². The Morgan fingerprint density at radius 1 is 1.11 bits per heavy atom. The van der Waals surface area contributed by atoms with Crippen molar-refractivity contribution >= 4 is 34.8 Å². The van der Waals surface area contributed by atoms with Gasteiger partial charge in [-0.3, -0.25) is 4.79 Å². The van der Waals surface area contributed by atoms with E-state index in [2.05, 4.69) is 11.2 Å². The van der Waals surface area contributed by atoms with E-state index in [1.54, 1.807) is 42.5 Å². The van der Waals surface area contributed by atoms with Gasteiger partial charge < -0.3 is 5.32 Å². The number of rotatable bonds is 2. The highest BCUT2D eigenvalue weighted by Crippen LogP contribution is 2.25. The van der Waals surface area contributed by atoms with Crippen molar-refractivity contribution in [1.82, 2.24) is 0 Å². The molecule has 1 N–H and O–H groups in total. The Balaban J connectivity index is 2.29. The summed E-state index contributed by atoms with van der Waals surface area (Å²) in [5.74, 6) is 2.13. The van der Waals surface area contributed by atoms with E-state index in [4.69, 9.17) is 29.6 Å². The van der Waals surface area contributed by atoms with Gasteiger partial charge in [0.15, 0.2) is 0 Å². The summed E-state index contributed by atoms with van der Waals surface area (Å²) in [6.45, 7) is 0. The maximum Gasteiger partial charge on any atom is 0.258 e. The Kier molecular flexibility index (Phi) is 4.11. The molecule has 0 spiro atoms. The van der Waals surface area contributed by atoms with Gasteiger partial charge in [-0.05, 0) is 30.3 Å². The number of halogens is 2. The second kappa shape index (κ2) is 5.79. The van der Waals surface area contributed by atoms with Crippen molar-refractivity contribution in [1.29, 1.82) is 0 Å². The fourth-order valence-electron chi connectivity index (χ4n) is 1.60. The molecule has 0 aromatic heterocycles. The van der Waals surface area contributed by atoms with Gasteiger partial charge in [-0.1, -0.05) is 41.3 Å². The van der Waals surface area contributed by atoms with Crippen LogP contribution in [0.25, 0.3) is 0 Å². The second-order valence-corrected chi connectivity index (χ2v) is 4.59. The summed E-state index contributed by atoms with van der Waals surface area (Å²) >= 11 is 11.9. The van der Waals surface area contributed by atoms with Crippen LogP contribution in [0.2, 0.25) is 10.0 Å². The average molecular weight is 290 g/mol. The number of carbonyl (C=O) groups is 1. The van der Waals surface area contributed by atoms with E-state index in [-0.39, 0.29) is 11.5 Å². The van der Waals surface area contributed by atoms with Crippen LogP contribution in [-0.2, 0) is 0 Å². The smallest absolute Gasteiger partial charge is 0.258 e. The number of carbonyl (C=O) groups excluding carboxylic acids is 1. The number of nitrogens with one attached hydrogen (secondary N) is 1. The molecule has 0 atom stereocenters. The van der Waals surface area contributed by atoms with Crippen molar-refractivity contribution in [3.8, 4) is 12.3 Å². The Hall–Kier alpha value is -1.95. The van der Waals surface area contributed by atoms with E-state index in [9.17, 15) is 4.79 Å². The van der Waals surface area contributed by atoms with E-state index >= 15 is 0 Å². The first kappa shape index (κ1) is 13.5. The van der Waals surface area contributed by atoms with Gasteiger partial charge in [0.05, 0.1) is 15.6 Å². The fourth-order valence-corrected chi connectivity index (χ4v) is 2.16. The van der Waals surface area contributed by atoms with Crippen molar-refractivity contribution in [3.63, 3.8) is 0 Å².